The number of nitrogens with one attached hydrogen (secondary N) is 1. The van der Waals surface area contributed by atoms with Crippen molar-refractivity contribution in [2.45, 2.75) is 6.18 Å². The Morgan fingerprint density at radius 1 is 1.11 bits per heavy atom. The lowest BCUT2D eigenvalue weighted by Gasteiger charge is -2.36. The number of hydrogen-bond donors (Lipinski definition) is 1. The largest absolute Gasteiger partial charge is 0.416 e. The molecule has 5 nitrogen and oxygen atoms in total. The van der Waals surface area contributed by atoms with Crippen LogP contribution in [0.15, 0.2) is 41.1 Å². The van der Waals surface area contributed by atoms with Crippen molar-refractivity contribution in [3.8, 4) is 0 Å². The second-order valence-electron chi connectivity index (χ2n) is 6.11. The van der Waals surface area contributed by atoms with Gasteiger partial charge in [0.05, 0.1) is 12.1 Å². The number of halogens is 3. The highest BCUT2D eigenvalue weighted by molar-refractivity contribution is 7.08. The average Bonchev–Trinajstić information content (AvgIpc) is 3.20. The molecule has 9 heteroatoms. The van der Waals surface area contributed by atoms with E-state index in [1.54, 1.807) is 27.8 Å². The number of thiophene rings is 1. The van der Waals surface area contributed by atoms with E-state index in [9.17, 15) is 22.8 Å². The van der Waals surface area contributed by atoms with Crippen LogP contribution in [0.1, 0.15) is 15.9 Å². The number of piperazine rings is 1. The predicted molar refractivity (Wildman–Crippen MR) is 96.9 cm³/mol. The van der Waals surface area contributed by atoms with E-state index in [0.717, 1.165) is 12.1 Å². The van der Waals surface area contributed by atoms with Crippen LogP contribution in [0.25, 0.3) is 0 Å². The highest BCUT2D eigenvalue weighted by Gasteiger charge is 2.31. The Hall–Kier alpha value is -2.55. The first-order chi connectivity index (χ1) is 12.8. The Bertz CT molecular complexity index is 800. The number of nitrogens with zero attached hydrogens (tertiary/aromatic N) is 2. The minimum absolute atomic E-state index is 0.0990. The van der Waals surface area contributed by atoms with Gasteiger partial charge in [0.2, 0.25) is 5.91 Å². The van der Waals surface area contributed by atoms with Gasteiger partial charge < -0.3 is 15.1 Å². The molecule has 2 aromatic rings. The van der Waals surface area contributed by atoms with Crippen LogP contribution in [0.4, 0.5) is 18.9 Å². The third kappa shape index (κ3) is 4.79. The van der Waals surface area contributed by atoms with Gasteiger partial charge in [0.1, 0.15) is 0 Å². The summed E-state index contributed by atoms with van der Waals surface area (Å²) in [7, 11) is 0. The second-order valence-corrected chi connectivity index (χ2v) is 6.89. The zero-order valence-electron chi connectivity index (χ0n) is 14.3. The molecule has 0 atom stereocenters. The molecular formula is C18H18F3N3O2S. The van der Waals surface area contributed by atoms with E-state index in [4.69, 9.17) is 0 Å². The highest BCUT2D eigenvalue weighted by atomic mass is 32.1. The Labute approximate surface area is 158 Å². The number of amides is 2. The summed E-state index contributed by atoms with van der Waals surface area (Å²) in [5.41, 5.74) is 0.319. The molecule has 0 bridgehead atoms. The van der Waals surface area contributed by atoms with Crippen molar-refractivity contribution < 1.29 is 22.8 Å². The van der Waals surface area contributed by atoms with E-state index in [0.29, 0.717) is 37.4 Å². The van der Waals surface area contributed by atoms with E-state index < -0.39 is 11.7 Å². The van der Waals surface area contributed by atoms with Crippen LogP contribution in [0.2, 0.25) is 0 Å². The summed E-state index contributed by atoms with van der Waals surface area (Å²) in [6.45, 7) is 1.56. The smallest absolute Gasteiger partial charge is 0.368 e. The van der Waals surface area contributed by atoms with E-state index in [-0.39, 0.29) is 18.4 Å². The zero-order valence-corrected chi connectivity index (χ0v) is 15.1. The van der Waals surface area contributed by atoms with Gasteiger partial charge in [-0.05, 0) is 29.6 Å². The first kappa shape index (κ1) is 19.2. The molecule has 0 aliphatic carbocycles. The molecule has 0 saturated carbocycles. The number of alkyl halides is 3. The zero-order chi connectivity index (χ0) is 19.4. The third-order valence-corrected chi connectivity index (χ3v) is 5.04. The van der Waals surface area contributed by atoms with Gasteiger partial charge in [-0.2, -0.15) is 24.5 Å². The van der Waals surface area contributed by atoms with Crippen molar-refractivity contribution in [3.05, 3.63) is 52.2 Å². The monoisotopic (exact) mass is 397 g/mol. The molecule has 2 heterocycles. The van der Waals surface area contributed by atoms with Crippen molar-refractivity contribution in [1.82, 2.24) is 10.2 Å². The summed E-state index contributed by atoms with van der Waals surface area (Å²) in [6.07, 6.45) is -4.38. The molecule has 144 valence electrons. The van der Waals surface area contributed by atoms with Gasteiger partial charge in [-0.3, -0.25) is 9.59 Å². The lowest BCUT2D eigenvalue weighted by molar-refractivity contribution is -0.137. The van der Waals surface area contributed by atoms with Gasteiger partial charge in [-0.25, -0.2) is 0 Å². The molecule has 0 spiro atoms. The highest BCUT2D eigenvalue weighted by Crippen LogP contribution is 2.31. The minimum atomic E-state index is -4.38. The van der Waals surface area contributed by atoms with E-state index in [1.807, 2.05) is 4.90 Å². The fraction of sp³-hybridized carbons (Fsp3) is 0.333. The summed E-state index contributed by atoms with van der Waals surface area (Å²) < 4.78 is 38.5. The fourth-order valence-electron chi connectivity index (χ4n) is 2.86. The molecule has 1 aliphatic heterocycles. The molecule has 1 aromatic carbocycles. The van der Waals surface area contributed by atoms with Crippen LogP contribution >= 0.6 is 11.3 Å². The van der Waals surface area contributed by atoms with Crippen LogP contribution in [0.3, 0.4) is 0 Å². The minimum Gasteiger partial charge on any atom is -0.368 e. The predicted octanol–water partition coefficient (Wildman–Crippen LogP) is 2.85. The van der Waals surface area contributed by atoms with Crippen LogP contribution < -0.4 is 10.2 Å². The molecule has 1 aliphatic rings. The first-order valence-electron chi connectivity index (χ1n) is 8.35. The lowest BCUT2D eigenvalue weighted by atomic mass is 10.1. The van der Waals surface area contributed by atoms with E-state index in [2.05, 4.69) is 5.32 Å². The quantitative estimate of drug-likeness (QED) is 0.863. The number of carbonyl (C=O) groups excluding carboxylic acids is 2. The van der Waals surface area contributed by atoms with Crippen molar-refractivity contribution >= 4 is 28.8 Å². The van der Waals surface area contributed by atoms with Crippen molar-refractivity contribution in [3.63, 3.8) is 0 Å². The lowest BCUT2D eigenvalue weighted by Crippen LogP contribution is -2.51. The van der Waals surface area contributed by atoms with Crippen molar-refractivity contribution in [2.24, 2.45) is 0 Å². The van der Waals surface area contributed by atoms with Crippen LogP contribution in [-0.4, -0.2) is 49.4 Å². The number of benzene rings is 1. The summed E-state index contributed by atoms with van der Waals surface area (Å²) >= 11 is 1.40. The van der Waals surface area contributed by atoms with Gasteiger partial charge >= 0.3 is 6.18 Å². The number of carbonyl (C=O) groups is 2. The van der Waals surface area contributed by atoms with Gasteiger partial charge in [0.15, 0.2) is 0 Å². The maximum Gasteiger partial charge on any atom is 0.416 e. The molecule has 1 N–H and O–H groups in total. The molecule has 1 fully saturated rings. The standard InChI is InChI=1S/C18H18F3N3O2S/c19-18(20,21)14-2-1-3-15(10-14)23-5-7-24(8-6-23)16(25)11-22-17(26)13-4-9-27-12-13/h1-4,9-10,12H,5-8,11H2,(H,22,26). The number of anilines is 1. The topological polar surface area (TPSA) is 52.7 Å². The van der Waals surface area contributed by atoms with E-state index in [1.165, 1.54) is 17.4 Å². The Morgan fingerprint density at radius 2 is 1.85 bits per heavy atom. The Kier molecular flexibility index (Phi) is 5.69. The van der Waals surface area contributed by atoms with Gasteiger partial charge in [0.25, 0.3) is 5.91 Å². The molecule has 2 amide bonds. The SMILES string of the molecule is O=C(NCC(=O)N1CCN(c2cccc(C(F)(F)F)c2)CC1)c1ccsc1. The average molecular weight is 397 g/mol. The molecule has 1 saturated heterocycles. The maximum absolute atomic E-state index is 12.8. The van der Waals surface area contributed by atoms with Crippen molar-refractivity contribution in [2.75, 3.05) is 37.6 Å². The van der Waals surface area contributed by atoms with E-state index >= 15 is 0 Å². The summed E-state index contributed by atoms with van der Waals surface area (Å²) in [4.78, 5) is 27.5. The Balaban J connectivity index is 1.51. The molecule has 0 radical (unpaired) electrons. The van der Waals surface area contributed by atoms with Crippen molar-refractivity contribution in [1.29, 1.82) is 0 Å². The summed E-state index contributed by atoms with van der Waals surface area (Å²) in [5, 5.41) is 6.07. The summed E-state index contributed by atoms with van der Waals surface area (Å²) in [6, 6.07) is 6.86. The molecule has 0 unspecified atom stereocenters. The molecule has 1 aromatic heterocycles. The van der Waals surface area contributed by atoms with Crippen LogP contribution in [0, 0.1) is 0 Å². The molecular weight excluding hydrogens is 379 g/mol. The van der Waals surface area contributed by atoms with Crippen LogP contribution in [0.5, 0.6) is 0 Å². The summed E-state index contributed by atoms with van der Waals surface area (Å²) in [5.74, 6) is -0.505. The van der Waals surface area contributed by atoms with Gasteiger partial charge in [0, 0.05) is 42.8 Å². The van der Waals surface area contributed by atoms with Crippen LogP contribution in [-0.2, 0) is 11.0 Å². The Morgan fingerprint density at radius 3 is 2.48 bits per heavy atom. The maximum atomic E-state index is 12.8. The second kappa shape index (κ2) is 7.99. The third-order valence-electron chi connectivity index (χ3n) is 4.35. The van der Waals surface area contributed by atoms with Gasteiger partial charge in [-0.15, -0.1) is 0 Å². The van der Waals surface area contributed by atoms with Gasteiger partial charge in [-0.1, -0.05) is 6.07 Å². The first-order valence-corrected chi connectivity index (χ1v) is 9.29. The molecule has 27 heavy (non-hydrogen) atoms. The normalized spacial score (nSPS) is 14.9. The number of rotatable bonds is 4. The fourth-order valence-corrected chi connectivity index (χ4v) is 3.49. The molecule has 3 rings (SSSR count). The number of hydrogen-bond acceptors (Lipinski definition) is 4.